The summed E-state index contributed by atoms with van der Waals surface area (Å²) in [5.41, 5.74) is 0.977. The number of aromatic nitrogens is 1. The Labute approximate surface area is 99.0 Å². The van der Waals surface area contributed by atoms with E-state index in [1.54, 1.807) is 18.4 Å². The molecule has 2 heterocycles. The van der Waals surface area contributed by atoms with E-state index < -0.39 is 0 Å². The summed E-state index contributed by atoms with van der Waals surface area (Å²) in [7, 11) is 1.79. The average molecular weight is 247 g/mol. The molecule has 1 saturated heterocycles. The Morgan fingerprint density at radius 3 is 2.87 bits per heavy atom. The molecule has 0 aliphatic carbocycles. The van der Waals surface area contributed by atoms with Crippen molar-refractivity contribution >= 4 is 28.1 Å². The van der Waals surface area contributed by atoms with E-state index in [9.17, 15) is 0 Å². The van der Waals surface area contributed by atoms with Crippen molar-refractivity contribution in [1.82, 2.24) is 4.98 Å². The molecule has 1 aliphatic rings. The topological polar surface area (TPSA) is 25.4 Å². The Balaban J connectivity index is 1.95. The van der Waals surface area contributed by atoms with Gasteiger partial charge in [0.15, 0.2) is 5.13 Å². The minimum absolute atomic E-state index is 0.425. The monoisotopic (exact) mass is 246 g/mol. The number of alkyl halides is 1. The molecule has 0 aromatic carbocycles. The fraction of sp³-hybridized carbons (Fsp3) is 0.700. The molecule has 3 nitrogen and oxygen atoms in total. The number of halogens is 1. The minimum Gasteiger partial charge on any atom is -0.381 e. The average Bonchev–Trinajstić information content (AvgIpc) is 2.78. The van der Waals surface area contributed by atoms with Gasteiger partial charge >= 0.3 is 0 Å². The molecule has 0 radical (unpaired) electrons. The van der Waals surface area contributed by atoms with Crippen LogP contribution in [0.25, 0.3) is 0 Å². The highest BCUT2D eigenvalue weighted by atomic mass is 35.5. The lowest BCUT2D eigenvalue weighted by atomic mass is 10.1. The largest absolute Gasteiger partial charge is 0.381 e. The molecule has 2 rings (SSSR count). The van der Waals surface area contributed by atoms with Gasteiger partial charge in [0.25, 0.3) is 0 Å². The zero-order valence-electron chi connectivity index (χ0n) is 8.78. The molecule has 15 heavy (non-hydrogen) atoms. The standard InChI is InChI=1S/C10H15ClN2OS/c1-14-9-2-4-13(5-3-9)10-12-8(6-11)7-15-10/h7,9H,2-6H2,1H3. The van der Waals surface area contributed by atoms with E-state index in [1.165, 1.54) is 0 Å². The van der Waals surface area contributed by atoms with Gasteiger partial charge in [0.1, 0.15) is 0 Å². The molecular weight excluding hydrogens is 232 g/mol. The van der Waals surface area contributed by atoms with E-state index in [4.69, 9.17) is 16.3 Å². The molecule has 84 valence electrons. The SMILES string of the molecule is COC1CCN(c2nc(CCl)cs2)CC1. The number of thiazole rings is 1. The molecule has 0 atom stereocenters. The van der Waals surface area contributed by atoms with E-state index in [2.05, 4.69) is 9.88 Å². The number of hydrogen-bond acceptors (Lipinski definition) is 4. The summed E-state index contributed by atoms with van der Waals surface area (Å²) in [6.07, 6.45) is 2.60. The Bertz CT molecular complexity index is 310. The maximum Gasteiger partial charge on any atom is 0.185 e. The van der Waals surface area contributed by atoms with E-state index in [1.807, 2.05) is 5.38 Å². The third-order valence-electron chi connectivity index (χ3n) is 2.72. The molecule has 1 aromatic rings. The quantitative estimate of drug-likeness (QED) is 0.767. The number of nitrogens with zero attached hydrogens (tertiary/aromatic N) is 2. The third kappa shape index (κ3) is 2.62. The predicted molar refractivity (Wildman–Crippen MR) is 63.9 cm³/mol. The number of anilines is 1. The fourth-order valence-corrected chi connectivity index (χ4v) is 2.89. The molecule has 0 saturated carbocycles. The highest BCUT2D eigenvalue weighted by molar-refractivity contribution is 7.13. The molecular formula is C10H15ClN2OS. The lowest BCUT2D eigenvalue weighted by molar-refractivity contribution is 0.0819. The Hall–Kier alpha value is -0.320. The summed E-state index contributed by atoms with van der Waals surface area (Å²) >= 11 is 7.41. The van der Waals surface area contributed by atoms with Crippen LogP contribution in [0.3, 0.4) is 0 Å². The van der Waals surface area contributed by atoms with E-state index in [-0.39, 0.29) is 0 Å². The van der Waals surface area contributed by atoms with E-state index in [0.717, 1.165) is 36.8 Å². The van der Waals surface area contributed by atoms with Crippen LogP contribution in [0.5, 0.6) is 0 Å². The first-order valence-electron chi connectivity index (χ1n) is 5.11. The van der Waals surface area contributed by atoms with Crippen molar-refractivity contribution in [3.05, 3.63) is 11.1 Å². The summed E-state index contributed by atoms with van der Waals surface area (Å²) in [5.74, 6) is 0.505. The van der Waals surface area contributed by atoms with Gasteiger partial charge in [0.2, 0.25) is 0 Å². The number of hydrogen-bond donors (Lipinski definition) is 0. The van der Waals surface area contributed by atoms with Crippen LogP contribution < -0.4 is 4.90 Å². The second-order valence-corrected chi connectivity index (χ2v) is 4.78. The second kappa shape index (κ2) is 5.14. The fourth-order valence-electron chi connectivity index (χ4n) is 1.79. The van der Waals surface area contributed by atoms with Gasteiger partial charge < -0.3 is 9.64 Å². The van der Waals surface area contributed by atoms with E-state index >= 15 is 0 Å². The molecule has 5 heteroatoms. The first kappa shape index (κ1) is 11.2. The predicted octanol–water partition coefficient (Wildman–Crippen LogP) is 2.50. The third-order valence-corrected chi connectivity index (χ3v) is 3.95. The van der Waals surface area contributed by atoms with Crippen LogP contribution in [-0.4, -0.2) is 31.3 Å². The van der Waals surface area contributed by atoms with Crippen molar-refractivity contribution in [3.8, 4) is 0 Å². The molecule has 0 N–H and O–H groups in total. The summed E-state index contributed by atoms with van der Waals surface area (Å²) in [4.78, 5) is 6.79. The lowest BCUT2D eigenvalue weighted by Gasteiger charge is -2.30. The van der Waals surface area contributed by atoms with Gasteiger partial charge in [-0.1, -0.05) is 0 Å². The second-order valence-electron chi connectivity index (χ2n) is 3.68. The van der Waals surface area contributed by atoms with Crippen LogP contribution in [0.4, 0.5) is 5.13 Å². The first-order valence-corrected chi connectivity index (χ1v) is 6.53. The van der Waals surface area contributed by atoms with Gasteiger partial charge in [-0.05, 0) is 12.8 Å². The van der Waals surface area contributed by atoms with Crippen molar-refractivity contribution in [2.45, 2.75) is 24.8 Å². The van der Waals surface area contributed by atoms with Gasteiger partial charge in [-0.3, -0.25) is 0 Å². The Kier molecular flexibility index (Phi) is 3.83. The first-order chi connectivity index (χ1) is 7.33. The number of ether oxygens (including phenoxy) is 1. The smallest absolute Gasteiger partial charge is 0.185 e. The molecule has 1 aliphatic heterocycles. The number of methoxy groups -OCH3 is 1. The van der Waals surface area contributed by atoms with Crippen molar-refractivity contribution in [3.63, 3.8) is 0 Å². The summed E-state index contributed by atoms with van der Waals surface area (Å²) in [5, 5.41) is 3.13. The summed E-state index contributed by atoms with van der Waals surface area (Å²) in [6.45, 7) is 2.07. The summed E-state index contributed by atoms with van der Waals surface area (Å²) in [6, 6.07) is 0. The normalized spacial score (nSPS) is 18.4. The maximum absolute atomic E-state index is 5.73. The van der Waals surface area contributed by atoms with Crippen LogP contribution in [0, 0.1) is 0 Å². The maximum atomic E-state index is 5.73. The number of piperidine rings is 1. The lowest BCUT2D eigenvalue weighted by Crippen LogP contribution is -2.36. The van der Waals surface area contributed by atoms with E-state index in [0.29, 0.717) is 12.0 Å². The van der Waals surface area contributed by atoms with Crippen LogP contribution in [0.15, 0.2) is 5.38 Å². The van der Waals surface area contributed by atoms with Crippen LogP contribution in [0.1, 0.15) is 18.5 Å². The highest BCUT2D eigenvalue weighted by Crippen LogP contribution is 2.25. The van der Waals surface area contributed by atoms with Gasteiger partial charge in [-0.2, -0.15) is 0 Å². The minimum atomic E-state index is 0.425. The van der Waals surface area contributed by atoms with Crippen molar-refractivity contribution in [2.75, 3.05) is 25.1 Å². The molecule has 1 aromatic heterocycles. The van der Waals surface area contributed by atoms with Gasteiger partial charge in [-0.25, -0.2) is 4.98 Å². The van der Waals surface area contributed by atoms with Crippen molar-refractivity contribution < 1.29 is 4.74 Å². The molecule has 0 amide bonds. The molecule has 0 bridgehead atoms. The Morgan fingerprint density at radius 2 is 2.33 bits per heavy atom. The zero-order chi connectivity index (χ0) is 10.7. The van der Waals surface area contributed by atoms with Crippen LogP contribution >= 0.6 is 22.9 Å². The van der Waals surface area contributed by atoms with Crippen LogP contribution in [-0.2, 0) is 10.6 Å². The zero-order valence-corrected chi connectivity index (χ0v) is 10.4. The van der Waals surface area contributed by atoms with Gasteiger partial charge in [-0.15, -0.1) is 22.9 Å². The molecule has 0 unspecified atom stereocenters. The number of rotatable bonds is 3. The Morgan fingerprint density at radius 1 is 1.60 bits per heavy atom. The molecule has 1 fully saturated rings. The van der Waals surface area contributed by atoms with Crippen molar-refractivity contribution in [1.29, 1.82) is 0 Å². The highest BCUT2D eigenvalue weighted by Gasteiger charge is 2.20. The van der Waals surface area contributed by atoms with Gasteiger partial charge in [0.05, 0.1) is 17.7 Å². The van der Waals surface area contributed by atoms with Crippen molar-refractivity contribution in [2.24, 2.45) is 0 Å². The molecule has 0 spiro atoms. The summed E-state index contributed by atoms with van der Waals surface area (Å²) < 4.78 is 5.34. The van der Waals surface area contributed by atoms with Gasteiger partial charge in [0, 0.05) is 25.6 Å². The van der Waals surface area contributed by atoms with Crippen LogP contribution in [0.2, 0.25) is 0 Å².